The molecule has 0 atom stereocenters. The van der Waals surface area contributed by atoms with Gasteiger partial charge in [-0.05, 0) is 18.6 Å². The number of benzene rings is 2. The molecule has 23 heavy (non-hydrogen) atoms. The number of aromatic nitrogens is 3. The normalized spacial score (nSPS) is 10.3. The van der Waals surface area contributed by atoms with Gasteiger partial charge in [-0.15, -0.1) is 6.07 Å². The average molecular weight is 301 g/mol. The van der Waals surface area contributed by atoms with Crippen molar-refractivity contribution in [2.24, 2.45) is 0 Å². The molecule has 0 saturated carbocycles. The number of para-hydroxylation sites is 2. The van der Waals surface area contributed by atoms with Crippen molar-refractivity contribution >= 4 is 11.0 Å². The summed E-state index contributed by atoms with van der Waals surface area (Å²) in [6.45, 7) is 2.20. The minimum absolute atomic E-state index is 0. The molecule has 0 spiro atoms. The average Bonchev–Trinajstić information content (AvgIpc) is 2.99. The first-order valence-corrected chi connectivity index (χ1v) is 7.78. The first kappa shape index (κ1) is 17.5. The zero-order chi connectivity index (χ0) is 15.2. The molecule has 0 bridgehead atoms. The Balaban J connectivity index is 0.00000192. The molecule has 1 aromatic heterocycles. The quantitative estimate of drug-likeness (QED) is 0.376. The molecule has 5 heteroatoms. The summed E-state index contributed by atoms with van der Waals surface area (Å²) in [7, 11) is 0. The van der Waals surface area contributed by atoms with Crippen LogP contribution in [-0.2, 0) is 0 Å². The number of rotatable bonds is 7. The van der Waals surface area contributed by atoms with E-state index in [1.54, 1.807) is 0 Å². The molecule has 0 aliphatic rings. The third kappa shape index (κ3) is 4.31. The Morgan fingerprint density at radius 3 is 2.52 bits per heavy atom. The van der Waals surface area contributed by atoms with Crippen molar-refractivity contribution < 1.29 is 23.6 Å². The molecule has 0 amide bonds. The van der Waals surface area contributed by atoms with Gasteiger partial charge in [-0.2, -0.15) is 5.10 Å². The summed E-state index contributed by atoms with van der Waals surface area (Å²) >= 11 is 0. The van der Waals surface area contributed by atoms with E-state index in [4.69, 9.17) is 4.74 Å². The number of fused-ring (bicyclic) bond motifs is 1. The molecule has 0 unspecified atom stereocenters. The number of hydrogen-bond acceptors (Lipinski definition) is 3. The Bertz CT molecular complexity index is 714. The number of ether oxygens (including phenoxy) is 1. The van der Waals surface area contributed by atoms with Crippen molar-refractivity contribution in [1.82, 2.24) is 15.0 Å². The maximum Gasteiger partial charge on any atom is 1.00 e. The van der Waals surface area contributed by atoms with Crippen LogP contribution in [0.2, 0.25) is 0 Å². The van der Waals surface area contributed by atoms with Crippen molar-refractivity contribution in [2.75, 3.05) is 0 Å². The van der Waals surface area contributed by atoms with Gasteiger partial charge in [-0.3, -0.25) is 0 Å². The SMILES string of the molecule is CCCCC[C-](Oc1ccccc1)n1nnc2ccccc21.[Li+]. The maximum atomic E-state index is 6.09. The maximum absolute atomic E-state index is 6.09. The van der Waals surface area contributed by atoms with Crippen LogP contribution in [0.3, 0.4) is 0 Å². The second-order valence-corrected chi connectivity index (χ2v) is 5.26. The van der Waals surface area contributed by atoms with Gasteiger partial charge in [0, 0.05) is 11.7 Å². The van der Waals surface area contributed by atoms with Crippen molar-refractivity contribution in [3.8, 4) is 5.75 Å². The summed E-state index contributed by atoms with van der Waals surface area (Å²) in [6, 6.07) is 17.8. The van der Waals surface area contributed by atoms with Gasteiger partial charge in [-0.1, -0.05) is 73.3 Å². The Kier molecular flexibility index (Phi) is 6.58. The third-order valence-corrected chi connectivity index (χ3v) is 3.56. The molecule has 0 N–H and O–H groups in total. The summed E-state index contributed by atoms with van der Waals surface area (Å²) in [4.78, 5) is 0. The molecule has 0 saturated heterocycles. The van der Waals surface area contributed by atoms with Crippen LogP contribution in [0.25, 0.3) is 11.0 Å². The largest absolute Gasteiger partial charge is 1.00 e. The molecule has 2 aromatic carbocycles. The van der Waals surface area contributed by atoms with E-state index in [9.17, 15) is 0 Å². The van der Waals surface area contributed by atoms with Crippen LogP contribution in [0.15, 0.2) is 54.6 Å². The summed E-state index contributed by atoms with van der Waals surface area (Å²) in [5, 5.41) is 8.50. The van der Waals surface area contributed by atoms with Crippen molar-refractivity contribution in [1.29, 1.82) is 0 Å². The van der Waals surface area contributed by atoms with Crippen LogP contribution < -0.4 is 23.6 Å². The fourth-order valence-electron chi connectivity index (χ4n) is 2.40. The van der Waals surface area contributed by atoms with E-state index in [2.05, 4.69) is 17.2 Å². The van der Waals surface area contributed by atoms with Crippen LogP contribution in [0.4, 0.5) is 0 Å². The van der Waals surface area contributed by atoms with Crippen LogP contribution in [0.5, 0.6) is 5.75 Å². The molecule has 3 aromatic rings. The van der Waals surface area contributed by atoms with Gasteiger partial charge < -0.3 is 9.42 Å². The summed E-state index contributed by atoms with van der Waals surface area (Å²) in [5.74, 6) is 0.827. The predicted octanol–water partition coefficient (Wildman–Crippen LogP) is 1.43. The van der Waals surface area contributed by atoms with Crippen molar-refractivity contribution in [2.45, 2.75) is 32.6 Å². The molecular formula is C18H20LiN3O. The molecule has 1 heterocycles. The van der Waals surface area contributed by atoms with Crippen LogP contribution >= 0.6 is 0 Å². The fraction of sp³-hybridized carbons (Fsp3) is 0.278. The van der Waals surface area contributed by atoms with Crippen molar-refractivity contribution in [3.05, 3.63) is 60.8 Å². The van der Waals surface area contributed by atoms with E-state index >= 15 is 0 Å². The van der Waals surface area contributed by atoms with Gasteiger partial charge in [-0.25, -0.2) is 0 Å². The van der Waals surface area contributed by atoms with Crippen LogP contribution in [0.1, 0.15) is 32.6 Å². The van der Waals surface area contributed by atoms with Crippen LogP contribution in [0, 0.1) is 6.23 Å². The smallest absolute Gasteiger partial charge is 0.531 e. The fourth-order valence-corrected chi connectivity index (χ4v) is 2.40. The number of nitrogens with zero attached hydrogens (tertiary/aromatic N) is 3. The molecule has 3 rings (SSSR count). The Morgan fingerprint density at radius 1 is 1.00 bits per heavy atom. The second-order valence-electron chi connectivity index (χ2n) is 5.26. The standard InChI is InChI=1S/C18H20N3O.Li/c1-2-3-5-14-18(22-15-10-6-4-7-11-15)21-17-13-9-8-12-16(17)19-20-21;/h4,6-13H,2-3,5,14H2,1H3;/q-1;+1. The van der Waals surface area contributed by atoms with E-state index in [1.165, 1.54) is 12.8 Å². The van der Waals surface area contributed by atoms with Gasteiger partial charge in [0.15, 0.2) is 0 Å². The summed E-state index contributed by atoms with van der Waals surface area (Å²) in [5.41, 5.74) is 1.86. The molecular weight excluding hydrogens is 281 g/mol. The monoisotopic (exact) mass is 301 g/mol. The molecule has 114 valence electrons. The molecule has 0 radical (unpaired) electrons. The second kappa shape index (κ2) is 8.66. The van der Waals surface area contributed by atoms with Gasteiger partial charge in [0.1, 0.15) is 5.75 Å². The molecule has 0 fully saturated rings. The van der Waals surface area contributed by atoms with Gasteiger partial charge in [0.25, 0.3) is 0 Å². The summed E-state index contributed by atoms with van der Waals surface area (Å²) in [6.07, 6.45) is 5.10. The zero-order valence-electron chi connectivity index (χ0n) is 13.8. The Morgan fingerprint density at radius 2 is 1.74 bits per heavy atom. The van der Waals surface area contributed by atoms with Gasteiger partial charge in [0.2, 0.25) is 0 Å². The summed E-state index contributed by atoms with van der Waals surface area (Å²) < 4.78 is 7.91. The topological polar surface area (TPSA) is 39.9 Å². The van der Waals surface area contributed by atoms with Crippen molar-refractivity contribution in [3.63, 3.8) is 0 Å². The molecule has 0 aliphatic carbocycles. The Labute approximate surface area is 149 Å². The zero-order valence-corrected chi connectivity index (χ0v) is 13.8. The van der Waals surface area contributed by atoms with E-state index < -0.39 is 0 Å². The Hall–Kier alpha value is -1.89. The van der Waals surface area contributed by atoms with Gasteiger partial charge >= 0.3 is 18.9 Å². The van der Waals surface area contributed by atoms with Crippen LogP contribution in [-0.4, -0.2) is 15.0 Å². The minimum Gasteiger partial charge on any atom is -0.531 e. The van der Waals surface area contributed by atoms with E-state index in [0.29, 0.717) is 0 Å². The van der Waals surface area contributed by atoms with E-state index in [1.807, 2.05) is 59.3 Å². The minimum atomic E-state index is 0. The first-order valence-electron chi connectivity index (χ1n) is 7.78. The molecule has 0 aliphatic heterocycles. The third-order valence-electron chi connectivity index (χ3n) is 3.56. The van der Waals surface area contributed by atoms with Gasteiger partial charge in [0.05, 0.1) is 0 Å². The number of unbranched alkanes of at least 4 members (excludes halogenated alkanes) is 2. The molecule has 4 nitrogen and oxygen atoms in total. The number of hydrogen-bond donors (Lipinski definition) is 0. The van der Waals surface area contributed by atoms with E-state index in [-0.39, 0.29) is 18.9 Å². The first-order chi connectivity index (χ1) is 10.9. The van der Waals surface area contributed by atoms with E-state index in [0.717, 1.165) is 35.9 Å². The predicted molar refractivity (Wildman–Crippen MR) is 87.4 cm³/mol.